The standard InChI is InChI=1S/C15H11F2N3OS/c16-10-4-5-13(12(17)7-10)22-9-15-19-14(20-21-15)8-11-3-1-2-6-18-11/h1-7H,8-9H2. The number of pyridine rings is 1. The van der Waals surface area contributed by atoms with Gasteiger partial charge < -0.3 is 4.52 Å². The van der Waals surface area contributed by atoms with Gasteiger partial charge in [0.15, 0.2) is 5.82 Å². The Bertz CT molecular complexity index is 764. The van der Waals surface area contributed by atoms with Gasteiger partial charge in [-0.1, -0.05) is 11.2 Å². The van der Waals surface area contributed by atoms with Crippen LogP contribution in [0.15, 0.2) is 52.0 Å². The number of benzene rings is 1. The van der Waals surface area contributed by atoms with Gasteiger partial charge in [0.1, 0.15) is 11.6 Å². The van der Waals surface area contributed by atoms with Gasteiger partial charge in [0.25, 0.3) is 0 Å². The van der Waals surface area contributed by atoms with Gasteiger partial charge >= 0.3 is 0 Å². The molecule has 0 unspecified atom stereocenters. The maximum Gasteiger partial charge on any atom is 0.237 e. The van der Waals surface area contributed by atoms with Crippen LogP contribution < -0.4 is 0 Å². The highest BCUT2D eigenvalue weighted by molar-refractivity contribution is 7.98. The van der Waals surface area contributed by atoms with E-state index in [1.54, 1.807) is 6.20 Å². The molecule has 7 heteroatoms. The Balaban J connectivity index is 1.62. The van der Waals surface area contributed by atoms with Gasteiger partial charge in [-0.3, -0.25) is 4.98 Å². The number of nitrogens with zero attached hydrogens (tertiary/aromatic N) is 3. The molecule has 0 aliphatic carbocycles. The largest absolute Gasteiger partial charge is 0.338 e. The zero-order valence-electron chi connectivity index (χ0n) is 11.4. The van der Waals surface area contributed by atoms with Gasteiger partial charge in [-0.25, -0.2) is 8.78 Å². The molecule has 1 aromatic carbocycles. The quantitative estimate of drug-likeness (QED) is 0.672. The molecular weight excluding hydrogens is 308 g/mol. The van der Waals surface area contributed by atoms with E-state index in [9.17, 15) is 8.78 Å². The molecule has 0 atom stereocenters. The van der Waals surface area contributed by atoms with Crippen molar-refractivity contribution in [3.63, 3.8) is 0 Å². The molecule has 3 aromatic rings. The van der Waals surface area contributed by atoms with Crippen LogP contribution in [-0.4, -0.2) is 15.1 Å². The van der Waals surface area contributed by atoms with Crippen molar-refractivity contribution >= 4 is 11.8 Å². The van der Waals surface area contributed by atoms with E-state index in [0.717, 1.165) is 11.8 Å². The van der Waals surface area contributed by atoms with Crippen molar-refractivity contribution in [2.45, 2.75) is 17.1 Å². The summed E-state index contributed by atoms with van der Waals surface area (Å²) in [5.74, 6) is 0.0293. The molecule has 112 valence electrons. The Labute approximate surface area is 129 Å². The lowest BCUT2D eigenvalue weighted by atomic mass is 10.3. The number of halogens is 2. The molecule has 0 aliphatic rings. The van der Waals surface area contributed by atoms with Crippen molar-refractivity contribution in [2.75, 3.05) is 0 Å². The number of aromatic nitrogens is 3. The highest BCUT2D eigenvalue weighted by atomic mass is 32.2. The molecule has 4 nitrogen and oxygen atoms in total. The van der Waals surface area contributed by atoms with Gasteiger partial charge in [-0.05, 0) is 24.3 Å². The summed E-state index contributed by atoms with van der Waals surface area (Å²) in [5.41, 5.74) is 0.840. The SMILES string of the molecule is Fc1ccc(SCc2nc(Cc3ccccn3)no2)c(F)c1. The van der Waals surface area contributed by atoms with Crippen LogP contribution in [0.25, 0.3) is 0 Å². The first-order valence-corrected chi connectivity index (χ1v) is 7.48. The van der Waals surface area contributed by atoms with Gasteiger partial charge in [0, 0.05) is 22.9 Å². The lowest BCUT2D eigenvalue weighted by Gasteiger charge is -2.00. The van der Waals surface area contributed by atoms with Crippen LogP contribution in [0.3, 0.4) is 0 Å². The third-order valence-corrected chi connectivity index (χ3v) is 3.85. The van der Waals surface area contributed by atoms with Crippen LogP contribution >= 0.6 is 11.8 Å². The second-order valence-electron chi connectivity index (χ2n) is 4.47. The molecule has 0 N–H and O–H groups in total. The van der Waals surface area contributed by atoms with E-state index >= 15 is 0 Å². The maximum atomic E-state index is 13.5. The second kappa shape index (κ2) is 6.65. The second-order valence-corrected chi connectivity index (χ2v) is 5.48. The van der Waals surface area contributed by atoms with E-state index in [0.29, 0.717) is 28.8 Å². The van der Waals surface area contributed by atoms with E-state index in [2.05, 4.69) is 15.1 Å². The number of hydrogen-bond acceptors (Lipinski definition) is 5. The van der Waals surface area contributed by atoms with Crippen molar-refractivity contribution in [3.05, 3.63) is 71.6 Å². The third-order valence-electron chi connectivity index (χ3n) is 2.82. The van der Waals surface area contributed by atoms with Crippen molar-refractivity contribution in [1.29, 1.82) is 0 Å². The number of thioether (sulfide) groups is 1. The number of hydrogen-bond donors (Lipinski definition) is 0. The average molecular weight is 319 g/mol. The molecule has 0 bridgehead atoms. The van der Waals surface area contributed by atoms with Crippen molar-refractivity contribution < 1.29 is 13.3 Å². The average Bonchev–Trinajstić information content (AvgIpc) is 2.95. The topological polar surface area (TPSA) is 51.8 Å². The molecule has 2 aromatic heterocycles. The Morgan fingerprint density at radius 2 is 2.05 bits per heavy atom. The summed E-state index contributed by atoms with van der Waals surface area (Å²) in [6, 6.07) is 9.04. The molecule has 0 spiro atoms. The minimum absolute atomic E-state index is 0.317. The predicted octanol–water partition coefficient (Wildman–Crippen LogP) is 3.63. The summed E-state index contributed by atoms with van der Waals surface area (Å²) in [7, 11) is 0. The van der Waals surface area contributed by atoms with Crippen LogP contribution in [0.2, 0.25) is 0 Å². The third kappa shape index (κ3) is 3.67. The van der Waals surface area contributed by atoms with E-state index in [4.69, 9.17) is 4.52 Å². The molecule has 0 saturated carbocycles. The number of rotatable bonds is 5. The van der Waals surface area contributed by atoms with Crippen LogP contribution in [0.5, 0.6) is 0 Å². The van der Waals surface area contributed by atoms with Crippen molar-refractivity contribution in [2.24, 2.45) is 0 Å². The molecule has 0 aliphatic heterocycles. The molecule has 0 amide bonds. The van der Waals surface area contributed by atoms with Crippen molar-refractivity contribution in [3.8, 4) is 0 Å². The smallest absolute Gasteiger partial charge is 0.237 e. The van der Waals surface area contributed by atoms with E-state index in [1.807, 2.05) is 18.2 Å². The first-order chi connectivity index (χ1) is 10.7. The summed E-state index contributed by atoms with van der Waals surface area (Å²) < 4.78 is 31.5. The fourth-order valence-corrected chi connectivity index (χ4v) is 2.57. The molecule has 0 radical (unpaired) electrons. The van der Waals surface area contributed by atoms with E-state index < -0.39 is 11.6 Å². The van der Waals surface area contributed by atoms with E-state index in [-0.39, 0.29) is 0 Å². The summed E-state index contributed by atoms with van der Waals surface area (Å²) >= 11 is 1.17. The lowest BCUT2D eigenvalue weighted by Crippen LogP contribution is -1.93. The predicted molar refractivity (Wildman–Crippen MR) is 77.3 cm³/mol. The zero-order valence-corrected chi connectivity index (χ0v) is 12.2. The van der Waals surface area contributed by atoms with E-state index in [1.165, 1.54) is 23.9 Å². The summed E-state index contributed by atoms with van der Waals surface area (Å²) in [5, 5.41) is 3.87. The zero-order chi connectivity index (χ0) is 15.4. The fraction of sp³-hybridized carbons (Fsp3) is 0.133. The summed E-state index contributed by atoms with van der Waals surface area (Å²) in [4.78, 5) is 8.76. The Morgan fingerprint density at radius 1 is 1.14 bits per heavy atom. The first-order valence-electron chi connectivity index (χ1n) is 6.50. The summed E-state index contributed by atoms with van der Waals surface area (Å²) in [6.07, 6.45) is 2.17. The van der Waals surface area contributed by atoms with Gasteiger partial charge in [0.05, 0.1) is 12.2 Å². The lowest BCUT2D eigenvalue weighted by molar-refractivity contribution is 0.385. The highest BCUT2D eigenvalue weighted by Crippen LogP contribution is 2.25. The Morgan fingerprint density at radius 3 is 2.82 bits per heavy atom. The molecule has 3 rings (SSSR count). The van der Waals surface area contributed by atoms with Gasteiger partial charge in [-0.15, -0.1) is 11.8 Å². The van der Waals surface area contributed by atoms with Gasteiger partial charge in [-0.2, -0.15) is 4.98 Å². The minimum Gasteiger partial charge on any atom is -0.338 e. The molecule has 0 saturated heterocycles. The molecular formula is C15H11F2N3OS. The van der Waals surface area contributed by atoms with Crippen LogP contribution in [0, 0.1) is 11.6 Å². The molecule has 0 fully saturated rings. The summed E-state index contributed by atoms with van der Waals surface area (Å²) in [6.45, 7) is 0. The minimum atomic E-state index is -0.600. The fourth-order valence-electron chi connectivity index (χ4n) is 1.82. The van der Waals surface area contributed by atoms with Crippen LogP contribution in [0.1, 0.15) is 17.4 Å². The van der Waals surface area contributed by atoms with Crippen molar-refractivity contribution in [1.82, 2.24) is 15.1 Å². The van der Waals surface area contributed by atoms with Crippen LogP contribution in [-0.2, 0) is 12.2 Å². The normalized spacial score (nSPS) is 10.8. The highest BCUT2D eigenvalue weighted by Gasteiger charge is 2.10. The molecule has 22 heavy (non-hydrogen) atoms. The Hall–Kier alpha value is -2.28. The monoisotopic (exact) mass is 319 g/mol. The first kappa shape index (κ1) is 14.6. The van der Waals surface area contributed by atoms with Gasteiger partial charge in [0.2, 0.25) is 5.89 Å². The Kier molecular flexibility index (Phi) is 4.43. The van der Waals surface area contributed by atoms with Crippen LogP contribution in [0.4, 0.5) is 8.78 Å². The maximum absolute atomic E-state index is 13.5. The molecule has 2 heterocycles.